The fourth-order valence-electron chi connectivity index (χ4n) is 3.69. The number of hydrogen-bond acceptors (Lipinski definition) is 0. The lowest BCUT2D eigenvalue weighted by molar-refractivity contribution is 0.227. The van der Waals surface area contributed by atoms with Crippen molar-refractivity contribution in [1.29, 1.82) is 0 Å². The van der Waals surface area contributed by atoms with Gasteiger partial charge in [0.25, 0.3) is 0 Å². The maximum absolute atomic E-state index is 2.49. The molecule has 1 aliphatic carbocycles. The molecular formula is C22H38. The second-order valence-corrected chi connectivity index (χ2v) is 7.47. The zero-order valence-corrected chi connectivity index (χ0v) is 15.9. The van der Waals surface area contributed by atoms with Crippen LogP contribution in [0.25, 0.3) is 0 Å². The van der Waals surface area contributed by atoms with E-state index in [4.69, 9.17) is 0 Å². The first kappa shape index (κ1) is 19.3. The molecule has 0 radical (unpaired) electrons. The summed E-state index contributed by atoms with van der Waals surface area (Å²) in [5.41, 5.74) is 2.95. The first-order chi connectivity index (χ1) is 10.6. The molecule has 1 aromatic carbocycles. The predicted octanol–water partition coefficient (Wildman–Crippen LogP) is 7.37. The second kappa shape index (κ2) is 10.1. The zero-order valence-electron chi connectivity index (χ0n) is 15.9. The van der Waals surface area contributed by atoms with Crippen LogP contribution in [-0.4, -0.2) is 0 Å². The third-order valence-electron chi connectivity index (χ3n) is 5.32. The van der Waals surface area contributed by atoms with E-state index in [9.17, 15) is 0 Å². The van der Waals surface area contributed by atoms with Gasteiger partial charge in [-0.25, -0.2) is 0 Å². The van der Waals surface area contributed by atoms with Gasteiger partial charge >= 0.3 is 0 Å². The van der Waals surface area contributed by atoms with Crippen LogP contribution in [0, 0.1) is 24.7 Å². The van der Waals surface area contributed by atoms with Gasteiger partial charge in [-0.05, 0) is 61.8 Å². The van der Waals surface area contributed by atoms with Crippen LogP contribution in [0.1, 0.15) is 90.2 Å². The van der Waals surface area contributed by atoms with Crippen molar-refractivity contribution in [2.75, 3.05) is 0 Å². The van der Waals surface area contributed by atoms with E-state index in [1.54, 1.807) is 5.56 Å². The average molecular weight is 303 g/mol. The Morgan fingerprint density at radius 1 is 0.864 bits per heavy atom. The van der Waals surface area contributed by atoms with Crippen LogP contribution in [0.15, 0.2) is 24.3 Å². The molecule has 0 N–H and O–H groups in total. The minimum atomic E-state index is 0.823. The topological polar surface area (TPSA) is 0 Å². The van der Waals surface area contributed by atoms with Gasteiger partial charge in [0.1, 0.15) is 0 Å². The minimum absolute atomic E-state index is 0.823. The summed E-state index contributed by atoms with van der Waals surface area (Å²) in [6, 6.07) is 9.24. The SMILES string of the molecule is CC.Cc1ccc(C2CCC(C(C)CCC(C)C)CC2)cc1. The summed E-state index contributed by atoms with van der Waals surface area (Å²) in [5.74, 6) is 3.59. The summed E-state index contributed by atoms with van der Waals surface area (Å²) in [5, 5.41) is 0. The van der Waals surface area contributed by atoms with E-state index < -0.39 is 0 Å². The molecule has 1 unspecified atom stereocenters. The molecule has 0 heteroatoms. The van der Waals surface area contributed by atoms with Crippen LogP contribution in [0.3, 0.4) is 0 Å². The van der Waals surface area contributed by atoms with Crippen molar-refractivity contribution in [3.63, 3.8) is 0 Å². The van der Waals surface area contributed by atoms with E-state index >= 15 is 0 Å². The Balaban J connectivity index is 0.00000116. The highest BCUT2D eigenvalue weighted by molar-refractivity contribution is 5.24. The summed E-state index contributed by atoms with van der Waals surface area (Å²) >= 11 is 0. The number of aryl methyl sites for hydroxylation is 1. The zero-order chi connectivity index (χ0) is 16.5. The number of rotatable bonds is 5. The molecule has 126 valence electrons. The minimum Gasteiger partial charge on any atom is -0.0683 e. The molecule has 1 atom stereocenters. The summed E-state index contributed by atoms with van der Waals surface area (Å²) < 4.78 is 0. The van der Waals surface area contributed by atoms with Gasteiger partial charge in [-0.3, -0.25) is 0 Å². The van der Waals surface area contributed by atoms with Crippen molar-refractivity contribution in [2.24, 2.45) is 17.8 Å². The molecule has 22 heavy (non-hydrogen) atoms. The molecule has 1 saturated carbocycles. The quantitative estimate of drug-likeness (QED) is 0.532. The fourth-order valence-corrected chi connectivity index (χ4v) is 3.69. The molecule has 0 saturated heterocycles. The predicted molar refractivity (Wildman–Crippen MR) is 100 cm³/mol. The Bertz CT molecular complexity index is 379. The Labute approximate surface area is 139 Å². The third kappa shape index (κ3) is 6.15. The molecule has 0 nitrogen and oxygen atoms in total. The number of hydrogen-bond donors (Lipinski definition) is 0. The molecule has 0 heterocycles. The van der Waals surface area contributed by atoms with Crippen LogP contribution >= 0.6 is 0 Å². The van der Waals surface area contributed by atoms with Gasteiger partial charge in [0.2, 0.25) is 0 Å². The van der Waals surface area contributed by atoms with E-state index in [1.165, 1.54) is 44.1 Å². The van der Waals surface area contributed by atoms with Crippen molar-refractivity contribution >= 4 is 0 Å². The molecule has 1 aliphatic rings. The Morgan fingerprint density at radius 2 is 1.41 bits per heavy atom. The highest BCUT2D eigenvalue weighted by atomic mass is 14.3. The van der Waals surface area contributed by atoms with Gasteiger partial charge in [-0.15, -0.1) is 0 Å². The Kier molecular flexibility index (Phi) is 8.83. The third-order valence-corrected chi connectivity index (χ3v) is 5.32. The van der Waals surface area contributed by atoms with E-state index in [-0.39, 0.29) is 0 Å². The smallest absolute Gasteiger partial charge is 0.0162 e. The molecule has 0 bridgehead atoms. The lowest BCUT2D eigenvalue weighted by Gasteiger charge is -2.33. The standard InChI is InChI=1S/C20H32.C2H6/c1-15(2)5-8-17(4)18-11-13-20(14-12-18)19-9-6-16(3)7-10-19;1-2/h6-7,9-10,15,17-18,20H,5,8,11-14H2,1-4H3;1-2H3. The summed E-state index contributed by atoms with van der Waals surface area (Å²) in [7, 11) is 0. The van der Waals surface area contributed by atoms with Gasteiger partial charge in [-0.1, -0.05) is 77.3 Å². The van der Waals surface area contributed by atoms with E-state index in [2.05, 4.69) is 52.0 Å². The molecular weight excluding hydrogens is 264 g/mol. The molecule has 1 fully saturated rings. The highest BCUT2D eigenvalue weighted by Gasteiger charge is 2.25. The van der Waals surface area contributed by atoms with Gasteiger partial charge in [-0.2, -0.15) is 0 Å². The first-order valence-electron chi connectivity index (χ1n) is 9.62. The maximum Gasteiger partial charge on any atom is -0.0162 e. The van der Waals surface area contributed by atoms with Crippen LogP contribution in [-0.2, 0) is 0 Å². The largest absolute Gasteiger partial charge is 0.0683 e. The normalized spacial score (nSPS) is 22.9. The molecule has 2 rings (SSSR count). The van der Waals surface area contributed by atoms with Crippen molar-refractivity contribution in [1.82, 2.24) is 0 Å². The lowest BCUT2D eigenvalue weighted by atomic mass is 9.73. The molecule has 0 aliphatic heterocycles. The first-order valence-corrected chi connectivity index (χ1v) is 9.62. The van der Waals surface area contributed by atoms with Gasteiger partial charge in [0.15, 0.2) is 0 Å². The van der Waals surface area contributed by atoms with Crippen LogP contribution in [0.5, 0.6) is 0 Å². The maximum atomic E-state index is 2.49. The van der Waals surface area contributed by atoms with Crippen LogP contribution in [0.4, 0.5) is 0 Å². The molecule has 0 spiro atoms. The Morgan fingerprint density at radius 3 is 1.91 bits per heavy atom. The average Bonchev–Trinajstić information content (AvgIpc) is 2.55. The van der Waals surface area contributed by atoms with Crippen LogP contribution in [0.2, 0.25) is 0 Å². The fraction of sp³-hybridized carbons (Fsp3) is 0.727. The second-order valence-electron chi connectivity index (χ2n) is 7.47. The molecule has 1 aromatic rings. The summed E-state index contributed by atoms with van der Waals surface area (Å²) in [6.45, 7) is 13.4. The summed E-state index contributed by atoms with van der Waals surface area (Å²) in [6.07, 6.45) is 8.52. The van der Waals surface area contributed by atoms with Crippen LogP contribution < -0.4 is 0 Å². The summed E-state index contributed by atoms with van der Waals surface area (Å²) in [4.78, 5) is 0. The lowest BCUT2D eigenvalue weighted by Crippen LogP contribution is -2.19. The van der Waals surface area contributed by atoms with E-state index in [0.29, 0.717) is 0 Å². The van der Waals surface area contributed by atoms with Crippen molar-refractivity contribution < 1.29 is 0 Å². The van der Waals surface area contributed by atoms with E-state index in [1.807, 2.05) is 13.8 Å². The van der Waals surface area contributed by atoms with Crippen molar-refractivity contribution in [3.05, 3.63) is 35.4 Å². The van der Waals surface area contributed by atoms with Gasteiger partial charge in [0.05, 0.1) is 0 Å². The van der Waals surface area contributed by atoms with Gasteiger partial charge in [0, 0.05) is 0 Å². The molecule has 0 aromatic heterocycles. The van der Waals surface area contributed by atoms with Crippen molar-refractivity contribution in [2.45, 2.75) is 86.0 Å². The Hall–Kier alpha value is -0.780. The van der Waals surface area contributed by atoms with Crippen molar-refractivity contribution in [3.8, 4) is 0 Å². The molecule has 0 amide bonds. The van der Waals surface area contributed by atoms with Gasteiger partial charge < -0.3 is 0 Å². The monoisotopic (exact) mass is 302 g/mol. The highest BCUT2D eigenvalue weighted by Crippen LogP contribution is 2.40. The van der Waals surface area contributed by atoms with E-state index in [0.717, 1.165) is 23.7 Å². The number of benzene rings is 1.